The van der Waals surface area contributed by atoms with Crippen LogP contribution < -0.4 is 0 Å². The van der Waals surface area contributed by atoms with Gasteiger partial charge in [0.2, 0.25) is 0 Å². The second kappa shape index (κ2) is 8.56. The molecule has 0 saturated carbocycles. The third kappa shape index (κ3) is 6.48. The molecule has 0 unspecified atom stereocenters. The van der Waals surface area contributed by atoms with Crippen molar-refractivity contribution in [1.82, 2.24) is 4.90 Å². The number of rotatable bonds is 7. The first-order valence-electron chi connectivity index (χ1n) is 4.82. The molecule has 0 aliphatic heterocycles. The molecule has 0 bridgehead atoms. The van der Waals surface area contributed by atoms with Gasteiger partial charge in [0.05, 0.1) is 0 Å². The van der Waals surface area contributed by atoms with Crippen molar-refractivity contribution in [1.29, 1.82) is 0 Å². The quantitative estimate of drug-likeness (QED) is 0.500. The lowest BCUT2D eigenvalue weighted by Crippen LogP contribution is -2.28. The summed E-state index contributed by atoms with van der Waals surface area (Å²) in [6.45, 7) is 4.58. The molecule has 0 radical (unpaired) electrons. The van der Waals surface area contributed by atoms with Crippen LogP contribution in [0.2, 0.25) is 0 Å². The molecule has 0 aromatic carbocycles. The predicted molar refractivity (Wildman–Crippen MR) is 55.1 cm³/mol. The number of aliphatic hydroxyl groups excluding tert-OH is 1. The number of hydrogen-bond acceptors (Lipinski definition) is 3. The standard InChI is InChI=1S/C10H19NO3/c1-3-9-14-10(13)11(2)7-5-4-6-8-12/h3,12H,1,4-9H2,2H3. The molecular weight excluding hydrogens is 182 g/mol. The maximum absolute atomic E-state index is 11.2. The highest BCUT2D eigenvalue weighted by molar-refractivity contribution is 5.67. The summed E-state index contributed by atoms with van der Waals surface area (Å²) in [5.74, 6) is 0. The van der Waals surface area contributed by atoms with Crippen molar-refractivity contribution < 1.29 is 14.6 Å². The molecule has 0 rings (SSSR count). The highest BCUT2D eigenvalue weighted by Gasteiger charge is 2.07. The van der Waals surface area contributed by atoms with Crippen LogP contribution in [0.4, 0.5) is 4.79 Å². The molecule has 1 N–H and O–H groups in total. The summed E-state index contributed by atoms with van der Waals surface area (Å²) in [5.41, 5.74) is 0. The van der Waals surface area contributed by atoms with Crippen molar-refractivity contribution in [3.63, 3.8) is 0 Å². The molecule has 0 atom stereocenters. The zero-order chi connectivity index (χ0) is 10.8. The Labute approximate surface area is 85.2 Å². The van der Waals surface area contributed by atoms with Gasteiger partial charge in [0.1, 0.15) is 6.61 Å². The van der Waals surface area contributed by atoms with E-state index in [1.54, 1.807) is 7.05 Å². The van der Waals surface area contributed by atoms with Crippen molar-refractivity contribution in [3.8, 4) is 0 Å². The molecule has 0 aromatic heterocycles. The molecule has 0 aromatic rings. The Balaban J connectivity index is 3.46. The van der Waals surface area contributed by atoms with E-state index in [9.17, 15) is 4.79 Å². The Hall–Kier alpha value is -1.03. The van der Waals surface area contributed by atoms with Gasteiger partial charge in [0.15, 0.2) is 0 Å². The van der Waals surface area contributed by atoms with Gasteiger partial charge in [-0.25, -0.2) is 4.79 Å². The van der Waals surface area contributed by atoms with E-state index in [-0.39, 0.29) is 19.3 Å². The second-order valence-electron chi connectivity index (χ2n) is 3.07. The van der Waals surface area contributed by atoms with Gasteiger partial charge in [-0.15, -0.1) is 0 Å². The summed E-state index contributed by atoms with van der Waals surface area (Å²) in [4.78, 5) is 12.7. The van der Waals surface area contributed by atoms with Crippen molar-refractivity contribution in [2.75, 3.05) is 26.8 Å². The SMILES string of the molecule is C=CCOC(=O)N(C)CCCCCO. The Morgan fingerprint density at radius 2 is 2.21 bits per heavy atom. The van der Waals surface area contributed by atoms with Crippen molar-refractivity contribution in [2.24, 2.45) is 0 Å². The Kier molecular flexibility index (Phi) is 7.93. The maximum Gasteiger partial charge on any atom is 0.409 e. The first-order valence-corrected chi connectivity index (χ1v) is 4.82. The van der Waals surface area contributed by atoms with Crippen LogP contribution in [0.15, 0.2) is 12.7 Å². The average Bonchev–Trinajstić information content (AvgIpc) is 2.20. The summed E-state index contributed by atoms with van der Waals surface area (Å²) in [6, 6.07) is 0. The number of ether oxygens (including phenoxy) is 1. The minimum atomic E-state index is -0.325. The maximum atomic E-state index is 11.2. The Morgan fingerprint density at radius 3 is 2.79 bits per heavy atom. The molecule has 1 amide bonds. The zero-order valence-electron chi connectivity index (χ0n) is 8.74. The van der Waals surface area contributed by atoms with Crippen LogP contribution in [0.3, 0.4) is 0 Å². The summed E-state index contributed by atoms with van der Waals surface area (Å²) in [6.07, 6.45) is 3.82. The number of unbranched alkanes of at least 4 members (excludes halogenated alkanes) is 2. The summed E-state index contributed by atoms with van der Waals surface area (Å²) >= 11 is 0. The lowest BCUT2D eigenvalue weighted by atomic mass is 10.2. The molecule has 0 saturated heterocycles. The Morgan fingerprint density at radius 1 is 1.50 bits per heavy atom. The van der Waals surface area contributed by atoms with Gasteiger partial charge in [0, 0.05) is 20.2 Å². The van der Waals surface area contributed by atoms with Gasteiger partial charge in [-0.05, 0) is 19.3 Å². The zero-order valence-corrected chi connectivity index (χ0v) is 8.74. The number of hydrogen-bond donors (Lipinski definition) is 1. The van der Waals surface area contributed by atoms with Gasteiger partial charge in [-0.3, -0.25) is 0 Å². The highest BCUT2D eigenvalue weighted by atomic mass is 16.6. The topological polar surface area (TPSA) is 49.8 Å². The molecule has 0 spiro atoms. The van der Waals surface area contributed by atoms with Gasteiger partial charge >= 0.3 is 6.09 Å². The molecule has 0 aliphatic carbocycles. The number of amides is 1. The largest absolute Gasteiger partial charge is 0.445 e. The number of carbonyl (C=O) groups excluding carboxylic acids is 1. The van der Waals surface area contributed by atoms with E-state index in [1.807, 2.05) is 0 Å². The van der Waals surface area contributed by atoms with Crippen LogP contribution >= 0.6 is 0 Å². The molecule has 4 nitrogen and oxygen atoms in total. The van der Waals surface area contributed by atoms with Gasteiger partial charge in [0.25, 0.3) is 0 Å². The fourth-order valence-corrected chi connectivity index (χ4v) is 0.969. The average molecular weight is 201 g/mol. The van der Waals surface area contributed by atoms with Gasteiger partial charge in [-0.1, -0.05) is 12.7 Å². The first kappa shape index (κ1) is 13.0. The number of aliphatic hydroxyl groups is 1. The minimum absolute atomic E-state index is 0.213. The van der Waals surface area contributed by atoms with E-state index < -0.39 is 0 Å². The number of carbonyl (C=O) groups is 1. The van der Waals surface area contributed by atoms with E-state index in [2.05, 4.69) is 6.58 Å². The molecule has 82 valence electrons. The van der Waals surface area contributed by atoms with Crippen LogP contribution in [-0.4, -0.2) is 42.9 Å². The highest BCUT2D eigenvalue weighted by Crippen LogP contribution is 1.98. The van der Waals surface area contributed by atoms with Crippen molar-refractivity contribution in [3.05, 3.63) is 12.7 Å². The van der Waals surface area contributed by atoms with Crippen LogP contribution in [0.1, 0.15) is 19.3 Å². The molecule has 14 heavy (non-hydrogen) atoms. The third-order valence-electron chi connectivity index (χ3n) is 1.79. The van der Waals surface area contributed by atoms with Crippen molar-refractivity contribution in [2.45, 2.75) is 19.3 Å². The van der Waals surface area contributed by atoms with E-state index >= 15 is 0 Å². The normalized spacial score (nSPS) is 9.57. The second-order valence-corrected chi connectivity index (χ2v) is 3.07. The molecule has 4 heteroatoms. The fourth-order valence-electron chi connectivity index (χ4n) is 0.969. The van der Waals surface area contributed by atoms with Crippen LogP contribution in [-0.2, 0) is 4.74 Å². The molecular formula is C10H19NO3. The smallest absolute Gasteiger partial charge is 0.409 e. The van der Waals surface area contributed by atoms with E-state index in [1.165, 1.54) is 11.0 Å². The molecule has 0 heterocycles. The first-order chi connectivity index (χ1) is 6.72. The van der Waals surface area contributed by atoms with Crippen molar-refractivity contribution >= 4 is 6.09 Å². The van der Waals surface area contributed by atoms with Gasteiger partial charge < -0.3 is 14.7 Å². The molecule has 0 aliphatic rings. The number of nitrogens with zero attached hydrogens (tertiary/aromatic N) is 1. The predicted octanol–water partition coefficient (Wildman–Crippen LogP) is 1.40. The van der Waals surface area contributed by atoms with Crippen LogP contribution in [0.5, 0.6) is 0 Å². The summed E-state index contributed by atoms with van der Waals surface area (Å²) in [7, 11) is 1.70. The van der Waals surface area contributed by atoms with E-state index in [0.717, 1.165) is 19.3 Å². The minimum Gasteiger partial charge on any atom is -0.445 e. The monoisotopic (exact) mass is 201 g/mol. The van der Waals surface area contributed by atoms with Crippen LogP contribution in [0, 0.1) is 0 Å². The fraction of sp³-hybridized carbons (Fsp3) is 0.700. The van der Waals surface area contributed by atoms with Crippen LogP contribution in [0.25, 0.3) is 0 Å². The lowest BCUT2D eigenvalue weighted by molar-refractivity contribution is 0.121. The molecule has 0 fully saturated rings. The van der Waals surface area contributed by atoms with Gasteiger partial charge in [-0.2, -0.15) is 0 Å². The lowest BCUT2D eigenvalue weighted by Gasteiger charge is -2.15. The summed E-state index contributed by atoms with van der Waals surface area (Å²) in [5, 5.41) is 8.54. The Bertz CT molecular complexity index is 171. The van der Waals surface area contributed by atoms with E-state index in [4.69, 9.17) is 9.84 Å². The van der Waals surface area contributed by atoms with E-state index in [0.29, 0.717) is 6.54 Å². The third-order valence-corrected chi connectivity index (χ3v) is 1.79. The summed E-state index contributed by atoms with van der Waals surface area (Å²) < 4.78 is 4.83.